The van der Waals surface area contributed by atoms with E-state index in [4.69, 9.17) is 0 Å². The molecule has 2 aromatic rings. The third-order valence-corrected chi connectivity index (χ3v) is 4.71. The van der Waals surface area contributed by atoms with Crippen LogP contribution in [0.15, 0.2) is 46.5 Å². The van der Waals surface area contributed by atoms with Crippen molar-refractivity contribution in [1.82, 2.24) is 25.0 Å². The Labute approximate surface area is 162 Å². The van der Waals surface area contributed by atoms with Gasteiger partial charge in [0.1, 0.15) is 12.2 Å². The third kappa shape index (κ3) is 5.86. The van der Waals surface area contributed by atoms with Crippen LogP contribution < -0.4 is 5.32 Å². The van der Waals surface area contributed by atoms with Crippen LogP contribution in [0.5, 0.6) is 0 Å². The molecule has 1 atom stereocenters. The van der Waals surface area contributed by atoms with E-state index >= 15 is 0 Å². The predicted molar refractivity (Wildman–Crippen MR) is 107 cm³/mol. The fourth-order valence-corrected chi connectivity index (χ4v) is 3.06. The fourth-order valence-electron chi connectivity index (χ4n) is 2.08. The van der Waals surface area contributed by atoms with Crippen LogP contribution in [-0.4, -0.2) is 56.2 Å². The quantitative estimate of drug-likeness (QED) is 0.398. The van der Waals surface area contributed by atoms with Gasteiger partial charge in [-0.05, 0) is 12.1 Å². The van der Waals surface area contributed by atoms with E-state index in [9.17, 15) is 4.21 Å². The van der Waals surface area contributed by atoms with Crippen molar-refractivity contribution in [3.05, 3.63) is 42.5 Å². The van der Waals surface area contributed by atoms with Gasteiger partial charge in [0.05, 0.1) is 17.3 Å². The Hall–Kier alpha value is -1.49. The van der Waals surface area contributed by atoms with E-state index in [1.165, 1.54) is 6.33 Å². The summed E-state index contributed by atoms with van der Waals surface area (Å²) in [6.45, 7) is 1.18. The molecule has 1 heterocycles. The standard InChI is InChI=1S/C15H22N6OS.HI/c1-16-15(20(2)11-14-18-12-19-21(14)3)17-9-10-23(22)13-7-5-4-6-8-13;/h4-8,12H,9-11H2,1-3H3,(H,16,17);1H. The zero-order valence-electron chi connectivity index (χ0n) is 14.0. The summed E-state index contributed by atoms with van der Waals surface area (Å²) in [6, 6.07) is 9.47. The molecule has 0 aliphatic heterocycles. The molecule has 7 nitrogen and oxygen atoms in total. The first-order valence-corrected chi connectivity index (χ1v) is 8.61. The van der Waals surface area contributed by atoms with Crippen LogP contribution >= 0.6 is 24.0 Å². The number of nitrogens with zero attached hydrogens (tertiary/aromatic N) is 5. The van der Waals surface area contributed by atoms with E-state index < -0.39 is 10.8 Å². The lowest BCUT2D eigenvalue weighted by atomic mass is 10.4. The van der Waals surface area contributed by atoms with E-state index in [-0.39, 0.29) is 24.0 Å². The Kier molecular flexibility index (Phi) is 8.90. The number of rotatable bonds is 6. The zero-order chi connectivity index (χ0) is 16.7. The molecule has 0 fully saturated rings. The van der Waals surface area contributed by atoms with Crippen molar-refractivity contribution in [2.24, 2.45) is 12.0 Å². The van der Waals surface area contributed by atoms with Gasteiger partial charge in [0.25, 0.3) is 0 Å². The van der Waals surface area contributed by atoms with Gasteiger partial charge >= 0.3 is 0 Å². The minimum Gasteiger partial charge on any atom is -0.355 e. The molecule has 0 bridgehead atoms. The van der Waals surface area contributed by atoms with Gasteiger partial charge in [-0.25, -0.2) is 4.98 Å². The number of guanidine groups is 1. The molecule has 0 spiro atoms. The van der Waals surface area contributed by atoms with Crippen LogP contribution in [0.2, 0.25) is 0 Å². The first-order valence-electron chi connectivity index (χ1n) is 7.30. The van der Waals surface area contributed by atoms with E-state index in [2.05, 4.69) is 20.4 Å². The maximum absolute atomic E-state index is 12.2. The molecule has 1 unspecified atom stereocenters. The molecule has 1 aromatic heterocycles. The molecule has 0 radical (unpaired) electrons. The Balaban J connectivity index is 0.00000288. The summed E-state index contributed by atoms with van der Waals surface area (Å²) in [5.74, 6) is 2.11. The molecule has 9 heteroatoms. The van der Waals surface area contributed by atoms with Crippen molar-refractivity contribution < 1.29 is 4.21 Å². The van der Waals surface area contributed by atoms with Crippen molar-refractivity contribution in [1.29, 1.82) is 0 Å². The van der Waals surface area contributed by atoms with Gasteiger partial charge in [0.15, 0.2) is 5.96 Å². The summed E-state index contributed by atoms with van der Waals surface area (Å²) in [5.41, 5.74) is 0. The highest BCUT2D eigenvalue weighted by molar-refractivity contribution is 14.0. The van der Waals surface area contributed by atoms with Crippen molar-refractivity contribution >= 4 is 40.7 Å². The Bertz CT molecular complexity index is 676. The van der Waals surface area contributed by atoms with Crippen molar-refractivity contribution in [3.8, 4) is 0 Å². The maximum Gasteiger partial charge on any atom is 0.193 e. The molecule has 2 rings (SSSR count). The number of hydrogen-bond donors (Lipinski definition) is 1. The second-order valence-electron chi connectivity index (χ2n) is 4.99. The molecule has 0 aliphatic carbocycles. The van der Waals surface area contributed by atoms with Crippen molar-refractivity contribution in [3.63, 3.8) is 0 Å². The highest BCUT2D eigenvalue weighted by Crippen LogP contribution is 2.04. The Morgan fingerprint density at radius 3 is 2.67 bits per heavy atom. The maximum atomic E-state index is 12.2. The molecule has 24 heavy (non-hydrogen) atoms. The predicted octanol–water partition coefficient (Wildman–Crippen LogP) is 1.25. The van der Waals surface area contributed by atoms with Crippen LogP contribution in [-0.2, 0) is 24.4 Å². The molecule has 0 saturated heterocycles. The first-order chi connectivity index (χ1) is 11.1. The van der Waals surface area contributed by atoms with Crippen LogP contribution in [0, 0.1) is 0 Å². The number of benzene rings is 1. The second kappa shape index (κ2) is 10.4. The SMILES string of the molecule is CN=C(NCCS(=O)c1ccccc1)N(C)Cc1ncnn1C.I. The summed E-state index contributed by atoms with van der Waals surface area (Å²) >= 11 is 0. The monoisotopic (exact) mass is 462 g/mol. The van der Waals surface area contributed by atoms with Gasteiger partial charge in [-0.1, -0.05) is 18.2 Å². The van der Waals surface area contributed by atoms with Crippen LogP contribution in [0.4, 0.5) is 0 Å². The number of halogens is 1. The number of aryl methyl sites for hydroxylation is 1. The average Bonchev–Trinajstić information content (AvgIpc) is 2.97. The molecule has 0 aliphatic rings. The highest BCUT2D eigenvalue weighted by atomic mass is 127. The highest BCUT2D eigenvalue weighted by Gasteiger charge is 2.10. The van der Waals surface area contributed by atoms with Crippen LogP contribution in [0.3, 0.4) is 0 Å². The van der Waals surface area contributed by atoms with Gasteiger partial charge in [-0.15, -0.1) is 24.0 Å². The van der Waals surface area contributed by atoms with Gasteiger partial charge < -0.3 is 10.2 Å². The van der Waals surface area contributed by atoms with Gasteiger partial charge in [0, 0.05) is 38.3 Å². The number of aliphatic imine (C=N–C) groups is 1. The van der Waals surface area contributed by atoms with Crippen molar-refractivity contribution in [2.45, 2.75) is 11.4 Å². The van der Waals surface area contributed by atoms with Gasteiger partial charge in [-0.3, -0.25) is 13.9 Å². The van der Waals surface area contributed by atoms with E-state index in [0.29, 0.717) is 18.8 Å². The summed E-state index contributed by atoms with van der Waals surface area (Å²) < 4.78 is 13.9. The van der Waals surface area contributed by atoms with Crippen molar-refractivity contribution in [2.75, 3.05) is 26.4 Å². The molecule has 132 valence electrons. The minimum atomic E-state index is -1.01. The Morgan fingerprint density at radius 1 is 1.38 bits per heavy atom. The molecule has 0 saturated carbocycles. The zero-order valence-corrected chi connectivity index (χ0v) is 17.2. The lowest BCUT2D eigenvalue weighted by Gasteiger charge is -2.21. The van der Waals surface area contributed by atoms with E-state index in [1.54, 1.807) is 11.7 Å². The summed E-state index contributed by atoms with van der Waals surface area (Å²) in [5, 5.41) is 7.28. The lowest BCUT2D eigenvalue weighted by Crippen LogP contribution is -2.40. The minimum absolute atomic E-state index is 0. The lowest BCUT2D eigenvalue weighted by molar-refractivity contribution is 0.450. The molecule has 0 amide bonds. The van der Waals surface area contributed by atoms with Gasteiger partial charge in [-0.2, -0.15) is 5.10 Å². The smallest absolute Gasteiger partial charge is 0.193 e. The Morgan fingerprint density at radius 2 is 2.08 bits per heavy atom. The summed E-state index contributed by atoms with van der Waals surface area (Å²) in [7, 11) is 4.50. The summed E-state index contributed by atoms with van der Waals surface area (Å²) in [4.78, 5) is 11.2. The molecular formula is C15H23IN6OS. The first kappa shape index (κ1) is 20.6. The third-order valence-electron chi connectivity index (χ3n) is 3.33. The molecule has 1 aromatic carbocycles. The van der Waals surface area contributed by atoms with E-state index in [1.807, 2.05) is 49.3 Å². The number of aromatic nitrogens is 3. The topological polar surface area (TPSA) is 75.4 Å². The largest absolute Gasteiger partial charge is 0.355 e. The fraction of sp³-hybridized carbons (Fsp3) is 0.400. The number of nitrogens with one attached hydrogen (secondary N) is 1. The normalized spacial score (nSPS) is 12.4. The van der Waals surface area contributed by atoms with Crippen LogP contribution in [0.25, 0.3) is 0 Å². The average molecular weight is 462 g/mol. The van der Waals surface area contributed by atoms with Gasteiger partial charge in [0.2, 0.25) is 0 Å². The second-order valence-corrected chi connectivity index (χ2v) is 6.56. The molecular weight excluding hydrogens is 439 g/mol. The summed E-state index contributed by atoms with van der Waals surface area (Å²) in [6.07, 6.45) is 1.53. The van der Waals surface area contributed by atoms with Crippen LogP contribution in [0.1, 0.15) is 5.82 Å². The number of hydrogen-bond acceptors (Lipinski definition) is 4. The molecule has 1 N–H and O–H groups in total. The van der Waals surface area contributed by atoms with E-state index in [0.717, 1.165) is 16.7 Å².